The summed E-state index contributed by atoms with van der Waals surface area (Å²) in [5, 5.41) is 1.46. The molecule has 1 aliphatic rings. The van der Waals surface area contributed by atoms with E-state index in [-0.39, 0.29) is 5.91 Å². The van der Waals surface area contributed by atoms with Crippen LogP contribution in [0.4, 0.5) is 0 Å². The smallest absolute Gasteiger partial charge is 0.219 e. The van der Waals surface area contributed by atoms with Crippen molar-refractivity contribution in [3.63, 3.8) is 0 Å². The van der Waals surface area contributed by atoms with Crippen LogP contribution in [0.25, 0.3) is 0 Å². The molecule has 1 aliphatic heterocycles. The van der Waals surface area contributed by atoms with Crippen LogP contribution in [0, 0.1) is 6.92 Å². The molecule has 20 heavy (non-hydrogen) atoms. The average molecular weight is 316 g/mol. The average Bonchev–Trinajstić information content (AvgIpc) is 2.46. The third-order valence-corrected chi connectivity index (χ3v) is 4.50. The Hall–Kier alpha value is -0.730. The summed E-state index contributed by atoms with van der Waals surface area (Å²) in [5.74, 6) is 0.615. The fourth-order valence-corrected chi connectivity index (χ4v) is 2.93. The van der Waals surface area contributed by atoms with Gasteiger partial charge in [-0.15, -0.1) is 0 Å². The molecule has 4 heteroatoms. The second-order valence-electron chi connectivity index (χ2n) is 4.89. The monoisotopic (exact) mass is 315 g/mol. The number of rotatable bonds is 1. The first-order chi connectivity index (χ1) is 9.49. The topological polar surface area (TPSA) is 20.3 Å². The van der Waals surface area contributed by atoms with E-state index in [2.05, 4.69) is 0 Å². The van der Waals surface area contributed by atoms with Gasteiger partial charge in [0.1, 0.15) is 0 Å². The minimum atomic E-state index is 0.161. The van der Waals surface area contributed by atoms with Gasteiger partial charge >= 0.3 is 0 Å². The molecule has 0 bridgehead atoms. The van der Waals surface area contributed by atoms with Gasteiger partial charge in [0.15, 0.2) is 0 Å². The summed E-state index contributed by atoms with van der Waals surface area (Å²) in [4.78, 5) is 13.2. The Morgan fingerprint density at radius 3 is 2.00 bits per heavy atom. The maximum Gasteiger partial charge on any atom is 0.219 e. The summed E-state index contributed by atoms with van der Waals surface area (Å²) in [6.45, 7) is 9.19. The van der Waals surface area contributed by atoms with Crippen LogP contribution < -0.4 is 0 Å². The molecule has 0 unspecified atom stereocenters. The van der Waals surface area contributed by atoms with E-state index in [1.807, 2.05) is 37.8 Å². The first kappa shape index (κ1) is 17.3. The van der Waals surface area contributed by atoms with Gasteiger partial charge < -0.3 is 4.90 Å². The Kier molecular flexibility index (Phi) is 6.84. The van der Waals surface area contributed by atoms with Crippen molar-refractivity contribution in [2.75, 3.05) is 13.1 Å². The van der Waals surface area contributed by atoms with Crippen LogP contribution in [0.15, 0.2) is 12.1 Å². The Labute approximate surface area is 132 Å². The molecule has 1 amide bonds. The van der Waals surface area contributed by atoms with Gasteiger partial charge in [-0.25, -0.2) is 0 Å². The van der Waals surface area contributed by atoms with Crippen molar-refractivity contribution < 1.29 is 4.79 Å². The molecule has 1 aromatic carbocycles. The highest BCUT2D eigenvalue weighted by molar-refractivity contribution is 6.36. The molecule has 0 aliphatic carbocycles. The highest BCUT2D eigenvalue weighted by atomic mass is 35.5. The van der Waals surface area contributed by atoms with Crippen LogP contribution in [0.1, 0.15) is 50.7 Å². The molecule has 1 aromatic rings. The van der Waals surface area contributed by atoms with E-state index in [9.17, 15) is 4.79 Å². The minimum Gasteiger partial charge on any atom is -0.343 e. The molecule has 0 spiro atoms. The molecule has 1 saturated heterocycles. The maximum absolute atomic E-state index is 11.3. The van der Waals surface area contributed by atoms with Gasteiger partial charge in [0.25, 0.3) is 0 Å². The first-order valence-corrected chi connectivity index (χ1v) is 7.95. The summed E-state index contributed by atoms with van der Waals surface area (Å²) >= 11 is 12.3. The molecule has 112 valence electrons. The van der Waals surface area contributed by atoms with Crippen molar-refractivity contribution in [2.45, 2.75) is 46.5 Å². The third-order valence-electron chi connectivity index (χ3n) is 3.71. The number of carbonyl (C=O) groups is 1. The first-order valence-electron chi connectivity index (χ1n) is 7.20. The molecule has 0 N–H and O–H groups in total. The van der Waals surface area contributed by atoms with Gasteiger partial charge in [0.2, 0.25) is 5.91 Å². The molecule has 2 rings (SSSR count). The van der Waals surface area contributed by atoms with Gasteiger partial charge in [-0.05, 0) is 48.9 Å². The Balaban J connectivity index is 0.000000956. The van der Waals surface area contributed by atoms with Crippen molar-refractivity contribution in [1.82, 2.24) is 4.90 Å². The van der Waals surface area contributed by atoms with Gasteiger partial charge in [-0.3, -0.25) is 4.79 Å². The molecule has 0 aromatic heterocycles. The lowest BCUT2D eigenvalue weighted by Gasteiger charge is -2.31. The molecule has 1 fully saturated rings. The van der Waals surface area contributed by atoms with Crippen molar-refractivity contribution >= 4 is 29.1 Å². The maximum atomic E-state index is 11.3. The van der Waals surface area contributed by atoms with Crippen molar-refractivity contribution in [3.05, 3.63) is 33.3 Å². The van der Waals surface area contributed by atoms with E-state index in [1.165, 1.54) is 5.56 Å². The highest BCUT2D eigenvalue weighted by Crippen LogP contribution is 2.34. The van der Waals surface area contributed by atoms with Crippen LogP contribution >= 0.6 is 23.2 Å². The van der Waals surface area contributed by atoms with Crippen molar-refractivity contribution in [1.29, 1.82) is 0 Å². The lowest BCUT2D eigenvalue weighted by Crippen LogP contribution is -2.36. The number of piperidine rings is 1. The number of likely N-dealkylation sites (tertiary alicyclic amines) is 1. The zero-order valence-corrected chi connectivity index (χ0v) is 14.2. The van der Waals surface area contributed by atoms with Gasteiger partial charge in [0, 0.05) is 30.1 Å². The Bertz CT molecular complexity index is 443. The van der Waals surface area contributed by atoms with E-state index >= 15 is 0 Å². The van der Waals surface area contributed by atoms with E-state index < -0.39 is 0 Å². The number of hydrogen-bond acceptors (Lipinski definition) is 1. The quantitative estimate of drug-likeness (QED) is 0.709. The summed E-state index contributed by atoms with van der Waals surface area (Å²) in [7, 11) is 0. The molecular formula is C16H23Cl2NO. The predicted octanol–water partition coefficient (Wildman–Crippen LogP) is 5.05. The number of hydrogen-bond donors (Lipinski definition) is 0. The molecule has 0 radical (unpaired) electrons. The lowest BCUT2D eigenvalue weighted by atomic mass is 9.89. The predicted molar refractivity (Wildman–Crippen MR) is 86.8 cm³/mol. The highest BCUT2D eigenvalue weighted by Gasteiger charge is 2.22. The van der Waals surface area contributed by atoms with Crippen LogP contribution in [0.5, 0.6) is 0 Å². The van der Waals surface area contributed by atoms with E-state index in [1.54, 1.807) is 6.92 Å². The molecule has 0 atom stereocenters. The van der Waals surface area contributed by atoms with Gasteiger partial charge in [-0.1, -0.05) is 37.0 Å². The number of carbonyl (C=O) groups excluding carboxylic acids is 1. The standard InChI is InChI=1S/C14H17Cl2NO.C2H6/c1-9-13(15)7-12(8-14(9)16)11-3-5-17(6-4-11)10(2)18;1-2/h7-8,11H,3-6H2,1-2H3;1-2H3. The van der Waals surface area contributed by atoms with Crippen molar-refractivity contribution in [2.24, 2.45) is 0 Å². The SMILES string of the molecule is CC.CC(=O)N1CCC(c2cc(Cl)c(C)c(Cl)c2)CC1. The number of halogens is 2. The Morgan fingerprint density at radius 1 is 1.15 bits per heavy atom. The van der Waals surface area contributed by atoms with Crippen molar-refractivity contribution in [3.8, 4) is 0 Å². The summed E-state index contributed by atoms with van der Waals surface area (Å²) in [5.41, 5.74) is 2.13. The number of benzene rings is 1. The van der Waals surface area contributed by atoms with E-state index in [0.717, 1.165) is 41.5 Å². The second-order valence-corrected chi connectivity index (χ2v) is 5.70. The largest absolute Gasteiger partial charge is 0.343 e. The third kappa shape index (κ3) is 4.13. The molecule has 0 saturated carbocycles. The lowest BCUT2D eigenvalue weighted by molar-refractivity contribution is -0.129. The fourth-order valence-electron chi connectivity index (χ4n) is 2.43. The fraction of sp³-hybridized carbons (Fsp3) is 0.562. The van der Waals surface area contributed by atoms with Gasteiger partial charge in [-0.2, -0.15) is 0 Å². The molecule has 2 nitrogen and oxygen atoms in total. The number of nitrogens with zero attached hydrogens (tertiary/aromatic N) is 1. The zero-order valence-electron chi connectivity index (χ0n) is 12.7. The summed E-state index contributed by atoms with van der Waals surface area (Å²) in [6.07, 6.45) is 1.96. The molecular weight excluding hydrogens is 293 g/mol. The van der Waals surface area contributed by atoms with E-state index in [0.29, 0.717) is 5.92 Å². The minimum absolute atomic E-state index is 0.161. The normalized spacial score (nSPS) is 15.6. The number of amides is 1. The summed E-state index contributed by atoms with van der Waals surface area (Å²) in [6, 6.07) is 4.02. The van der Waals surface area contributed by atoms with Crippen LogP contribution in [0.2, 0.25) is 10.0 Å². The zero-order chi connectivity index (χ0) is 15.3. The van der Waals surface area contributed by atoms with Crippen LogP contribution in [0.3, 0.4) is 0 Å². The van der Waals surface area contributed by atoms with Crippen LogP contribution in [-0.2, 0) is 4.79 Å². The van der Waals surface area contributed by atoms with Gasteiger partial charge in [0.05, 0.1) is 0 Å². The van der Waals surface area contributed by atoms with Crippen LogP contribution in [-0.4, -0.2) is 23.9 Å². The Morgan fingerprint density at radius 2 is 1.60 bits per heavy atom. The summed E-state index contributed by atoms with van der Waals surface area (Å²) < 4.78 is 0. The van der Waals surface area contributed by atoms with E-state index in [4.69, 9.17) is 23.2 Å². The molecule has 1 heterocycles. The second kappa shape index (κ2) is 7.90.